The molecule has 0 heterocycles. The molecule has 0 aliphatic rings. The van der Waals surface area contributed by atoms with Gasteiger partial charge >= 0.3 is 6.09 Å². The van der Waals surface area contributed by atoms with Crippen LogP contribution < -0.4 is 10.4 Å². The van der Waals surface area contributed by atoms with Gasteiger partial charge in [0.2, 0.25) is 0 Å². The van der Waals surface area contributed by atoms with Crippen LogP contribution in [0.25, 0.3) is 0 Å². The average Bonchev–Trinajstić information content (AvgIpc) is 1.95. The molecule has 88 valence electrons. The standard InChI is InChI=1S/C9H17NO5/c1-5(11)6(7(12)13)10-8(14)15-9(2,3)4/h5-6,11H,1-4H3,(H,10,14)(H,12,13)/p-1/t5-,6+/m0/s1. The quantitative estimate of drug-likeness (QED) is 0.633. The maximum atomic E-state index is 11.1. The number of carbonyl (C=O) groups is 2. The lowest BCUT2D eigenvalue weighted by atomic mass is 10.2. The van der Waals surface area contributed by atoms with Crippen molar-refractivity contribution in [3.05, 3.63) is 0 Å². The number of alkyl carbamates (subject to hydrolysis) is 1. The molecule has 0 spiro atoms. The van der Waals surface area contributed by atoms with Crippen LogP contribution in [0.5, 0.6) is 0 Å². The molecule has 0 aromatic heterocycles. The van der Waals surface area contributed by atoms with E-state index < -0.39 is 29.8 Å². The summed E-state index contributed by atoms with van der Waals surface area (Å²) in [6, 6.07) is -1.47. The van der Waals surface area contributed by atoms with Gasteiger partial charge in [-0.2, -0.15) is 0 Å². The van der Waals surface area contributed by atoms with Gasteiger partial charge in [0, 0.05) is 0 Å². The Morgan fingerprint density at radius 3 is 2.13 bits per heavy atom. The SMILES string of the molecule is C[C@H](O)[C@@H](NC(=O)OC(C)(C)C)C(=O)[O-]. The number of ether oxygens (including phenoxy) is 1. The zero-order valence-corrected chi connectivity index (χ0v) is 9.23. The molecule has 0 saturated heterocycles. The Hall–Kier alpha value is -1.30. The number of hydrogen-bond donors (Lipinski definition) is 2. The summed E-state index contributed by atoms with van der Waals surface area (Å²) >= 11 is 0. The van der Waals surface area contributed by atoms with E-state index >= 15 is 0 Å². The zero-order chi connectivity index (χ0) is 12.2. The molecule has 0 bridgehead atoms. The highest BCUT2D eigenvalue weighted by Gasteiger charge is 2.22. The minimum Gasteiger partial charge on any atom is -0.548 e. The molecule has 0 aliphatic carbocycles. The molecular weight excluding hydrogens is 202 g/mol. The molecule has 0 unspecified atom stereocenters. The predicted molar refractivity (Wildman–Crippen MR) is 49.8 cm³/mol. The number of nitrogens with one attached hydrogen (secondary N) is 1. The van der Waals surface area contributed by atoms with Crippen LogP contribution in [-0.4, -0.2) is 34.9 Å². The maximum absolute atomic E-state index is 11.1. The van der Waals surface area contributed by atoms with Gasteiger partial charge in [-0.1, -0.05) is 0 Å². The predicted octanol–water partition coefficient (Wildman–Crippen LogP) is -0.990. The van der Waals surface area contributed by atoms with Crippen molar-refractivity contribution in [2.75, 3.05) is 0 Å². The summed E-state index contributed by atoms with van der Waals surface area (Å²) in [6.07, 6.45) is -2.15. The number of hydrogen-bond acceptors (Lipinski definition) is 5. The average molecular weight is 218 g/mol. The van der Waals surface area contributed by atoms with Crippen molar-refractivity contribution in [1.82, 2.24) is 5.32 Å². The van der Waals surface area contributed by atoms with Gasteiger partial charge in [-0.15, -0.1) is 0 Å². The van der Waals surface area contributed by atoms with E-state index in [0.717, 1.165) is 0 Å². The smallest absolute Gasteiger partial charge is 0.408 e. The minimum atomic E-state index is -1.56. The Balaban J connectivity index is 4.31. The van der Waals surface area contributed by atoms with E-state index in [-0.39, 0.29) is 0 Å². The molecule has 0 saturated carbocycles. The number of carboxylic acid groups (broad SMARTS) is 1. The molecule has 0 radical (unpaired) electrons. The van der Waals surface area contributed by atoms with Gasteiger partial charge in [0.05, 0.1) is 18.1 Å². The lowest BCUT2D eigenvalue weighted by Crippen LogP contribution is -2.54. The third-order valence-corrected chi connectivity index (χ3v) is 1.41. The van der Waals surface area contributed by atoms with Gasteiger partial charge in [0.25, 0.3) is 0 Å². The fourth-order valence-corrected chi connectivity index (χ4v) is 0.811. The topological polar surface area (TPSA) is 98.7 Å². The van der Waals surface area contributed by atoms with E-state index in [1.807, 2.05) is 5.32 Å². The number of amides is 1. The van der Waals surface area contributed by atoms with Crippen molar-refractivity contribution >= 4 is 12.1 Å². The molecule has 15 heavy (non-hydrogen) atoms. The van der Waals surface area contributed by atoms with Gasteiger partial charge in [-0.05, 0) is 27.7 Å². The van der Waals surface area contributed by atoms with Gasteiger partial charge < -0.3 is 25.1 Å². The first kappa shape index (κ1) is 13.7. The van der Waals surface area contributed by atoms with Crippen molar-refractivity contribution < 1.29 is 24.5 Å². The summed E-state index contributed by atoms with van der Waals surface area (Å²) in [5, 5.41) is 21.5. The molecule has 0 aliphatic heterocycles. The van der Waals surface area contributed by atoms with Crippen LogP contribution in [0.4, 0.5) is 4.79 Å². The largest absolute Gasteiger partial charge is 0.548 e. The van der Waals surface area contributed by atoms with Crippen LogP contribution in [0.2, 0.25) is 0 Å². The minimum absolute atomic E-state index is 0.723. The molecule has 0 aromatic rings. The molecule has 2 N–H and O–H groups in total. The summed E-state index contributed by atoms with van der Waals surface area (Å²) in [5.74, 6) is -1.56. The van der Waals surface area contributed by atoms with Gasteiger partial charge in [-0.25, -0.2) is 4.79 Å². The fourth-order valence-electron chi connectivity index (χ4n) is 0.811. The van der Waals surface area contributed by atoms with Crippen LogP contribution in [0.3, 0.4) is 0 Å². The first-order valence-corrected chi connectivity index (χ1v) is 4.52. The van der Waals surface area contributed by atoms with Crippen molar-refractivity contribution in [1.29, 1.82) is 0 Å². The second kappa shape index (κ2) is 4.97. The first-order valence-electron chi connectivity index (χ1n) is 4.52. The van der Waals surface area contributed by atoms with Crippen LogP contribution in [0, 0.1) is 0 Å². The number of aliphatic hydroxyl groups excluding tert-OH is 1. The highest BCUT2D eigenvalue weighted by Crippen LogP contribution is 2.07. The van der Waals surface area contributed by atoms with Crippen molar-refractivity contribution in [3.63, 3.8) is 0 Å². The highest BCUT2D eigenvalue weighted by atomic mass is 16.6. The Bertz CT molecular complexity index is 243. The summed E-state index contributed by atoms with van der Waals surface area (Å²) in [6.45, 7) is 6.16. The Morgan fingerprint density at radius 1 is 1.40 bits per heavy atom. The van der Waals surface area contributed by atoms with E-state index in [1.54, 1.807) is 20.8 Å². The molecule has 0 fully saturated rings. The van der Waals surface area contributed by atoms with Gasteiger partial charge in [0.1, 0.15) is 5.60 Å². The number of rotatable bonds is 3. The zero-order valence-electron chi connectivity index (χ0n) is 9.23. The second-order valence-electron chi connectivity index (χ2n) is 4.18. The van der Waals surface area contributed by atoms with E-state index in [1.165, 1.54) is 6.92 Å². The van der Waals surface area contributed by atoms with E-state index in [0.29, 0.717) is 0 Å². The molecule has 2 atom stereocenters. The van der Waals surface area contributed by atoms with E-state index in [4.69, 9.17) is 9.84 Å². The third-order valence-electron chi connectivity index (χ3n) is 1.41. The summed E-state index contributed by atoms with van der Waals surface area (Å²) in [7, 11) is 0. The van der Waals surface area contributed by atoms with Crippen molar-refractivity contribution in [3.8, 4) is 0 Å². The third kappa shape index (κ3) is 5.90. The van der Waals surface area contributed by atoms with Crippen molar-refractivity contribution in [2.45, 2.75) is 45.4 Å². The van der Waals surface area contributed by atoms with Gasteiger partial charge in [-0.3, -0.25) is 0 Å². The lowest BCUT2D eigenvalue weighted by Gasteiger charge is -2.25. The molecule has 0 rings (SSSR count). The van der Waals surface area contributed by atoms with Crippen LogP contribution >= 0.6 is 0 Å². The summed E-state index contributed by atoms with van der Waals surface area (Å²) < 4.78 is 4.82. The van der Waals surface area contributed by atoms with Crippen LogP contribution in [0.15, 0.2) is 0 Å². The van der Waals surface area contributed by atoms with E-state index in [2.05, 4.69) is 0 Å². The van der Waals surface area contributed by atoms with Gasteiger partial charge in [0.15, 0.2) is 0 Å². The number of aliphatic hydroxyl groups is 1. The molecule has 1 amide bonds. The number of carboxylic acids is 1. The van der Waals surface area contributed by atoms with Crippen LogP contribution in [-0.2, 0) is 9.53 Å². The summed E-state index contributed by atoms with van der Waals surface area (Å²) in [4.78, 5) is 21.6. The Kier molecular flexibility index (Phi) is 4.54. The molecular formula is C9H16NO5-. The van der Waals surface area contributed by atoms with Crippen molar-refractivity contribution in [2.24, 2.45) is 0 Å². The molecule has 0 aromatic carbocycles. The highest BCUT2D eigenvalue weighted by molar-refractivity contribution is 5.79. The number of carbonyl (C=O) groups excluding carboxylic acids is 2. The second-order valence-corrected chi connectivity index (χ2v) is 4.18. The summed E-state index contributed by atoms with van der Waals surface area (Å²) in [5.41, 5.74) is -0.723. The Labute approximate surface area is 88.2 Å². The lowest BCUT2D eigenvalue weighted by molar-refractivity contribution is -0.310. The first-order chi connectivity index (χ1) is 6.63. The Morgan fingerprint density at radius 2 is 1.87 bits per heavy atom. The maximum Gasteiger partial charge on any atom is 0.408 e. The van der Waals surface area contributed by atoms with Crippen LogP contribution in [0.1, 0.15) is 27.7 Å². The number of aliphatic carboxylic acids is 1. The monoisotopic (exact) mass is 218 g/mol. The fraction of sp³-hybridized carbons (Fsp3) is 0.778. The molecule has 6 heteroatoms. The normalized spacial score (nSPS) is 15.3. The van der Waals surface area contributed by atoms with E-state index in [9.17, 15) is 14.7 Å². The molecule has 6 nitrogen and oxygen atoms in total.